The van der Waals surface area contributed by atoms with Gasteiger partial charge in [0.05, 0.1) is 12.2 Å². The predicted octanol–water partition coefficient (Wildman–Crippen LogP) is 5.48. The molecule has 3 heteroatoms. The molecule has 0 unspecified atom stereocenters. The molecule has 0 aliphatic heterocycles. The van der Waals surface area contributed by atoms with Crippen molar-refractivity contribution in [2.24, 2.45) is 0 Å². The summed E-state index contributed by atoms with van der Waals surface area (Å²) in [4.78, 5) is 12.3. The van der Waals surface area contributed by atoms with Crippen LogP contribution in [-0.4, -0.2) is 12.6 Å². The molecule has 0 spiro atoms. The van der Waals surface area contributed by atoms with Crippen molar-refractivity contribution in [2.75, 3.05) is 6.61 Å². The van der Waals surface area contributed by atoms with E-state index in [2.05, 4.69) is 6.92 Å². The summed E-state index contributed by atoms with van der Waals surface area (Å²) >= 11 is 0. The zero-order chi connectivity index (χ0) is 17.4. The van der Waals surface area contributed by atoms with Gasteiger partial charge in [-0.3, -0.25) is 0 Å². The van der Waals surface area contributed by atoms with Gasteiger partial charge in [0.2, 0.25) is 0 Å². The van der Waals surface area contributed by atoms with Crippen LogP contribution in [0, 0.1) is 13.8 Å². The molecule has 0 saturated heterocycles. The van der Waals surface area contributed by atoms with E-state index in [-0.39, 0.29) is 5.97 Å². The third kappa shape index (κ3) is 5.12. The summed E-state index contributed by atoms with van der Waals surface area (Å²) in [6, 6.07) is 12.8. The molecule has 0 radical (unpaired) electrons. The quantitative estimate of drug-likeness (QED) is 0.366. The van der Waals surface area contributed by atoms with Crippen molar-refractivity contribution in [2.45, 2.75) is 46.5 Å². The lowest BCUT2D eigenvalue weighted by Crippen LogP contribution is -2.09. The predicted molar refractivity (Wildman–Crippen MR) is 97.0 cm³/mol. The first-order valence-corrected chi connectivity index (χ1v) is 8.63. The van der Waals surface area contributed by atoms with Gasteiger partial charge in [-0.2, -0.15) is 0 Å². The van der Waals surface area contributed by atoms with Gasteiger partial charge in [0.1, 0.15) is 11.5 Å². The monoisotopic (exact) mass is 326 g/mol. The van der Waals surface area contributed by atoms with Crippen LogP contribution in [0.5, 0.6) is 11.5 Å². The number of esters is 1. The van der Waals surface area contributed by atoms with Gasteiger partial charge in [0, 0.05) is 0 Å². The lowest BCUT2D eigenvalue weighted by molar-refractivity contribution is 0.0733. The third-order valence-corrected chi connectivity index (χ3v) is 4.11. The Hall–Kier alpha value is -2.29. The molecule has 0 aliphatic carbocycles. The first-order chi connectivity index (χ1) is 11.6. The van der Waals surface area contributed by atoms with Crippen molar-refractivity contribution in [3.63, 3.8) is 0 Å². The van der Waals surface area contributed by atoms with Crippen molar-refractivity contribution < 1.29 is 14.3 Å². The average Bonchev–Trinajstić information content (AvgIpc) is 2.59. The minimum atomic E-state index is -0.349. The molecule has 2 aromatic rings. The van der Waals surface area contributed by atoms with Crippen LogP contribution in [0.4, 0.5) is 0 Å². The summed E-state index contributed by atoms with van der Waals surface area (Å²) in [6.45, 7) is 6.86. The number of benzene rings is 2. The van der Waals surface area contributed by atoms with Crippen LogP contribution in [0.1, 0.15) is 54.1 Å². The summed E-state index contributed by atoms with van der Waals surface area (Å²) < 4.78 is 11.2. The van der Waals surface area contributed by atoms with Crippen LogP contribution in [0.3, 0.4) is 0 Å². The first-order valence-electron chi connectivity index (χ1n) is 8.63. The number of ether oxygens (including phenoxy) is 2. The van der Waals surface area contributed by atoms with Crippen LogP contribution in [0.15, 0.2) is 42.5 Å². The lowest BCUT2D eigenvalue weighted by Gasteiger charge is -2.10. The fraction of sp³-hybridized carbons (Fsp3) is 0.381. The van der Waals surface area contributed by atoms with Gasteiger partial charge in [-0.15, -0.1) is 0 Å². The zero-order valence-corrected chi connectivity index (χ0v) is 14.8. The van der Waals surface area contributed by atoms with E-state index < -0.39 is 0 Å². The molecule has 0 aromatic heterocycles. The molecule has 0 heterocycles. The number of hydrogen-bond acceptors (Lipinski definition) is 3. The summed E-state index contributed by atoms with van der Waals surface area (Å²) in [6.07, 6.45) is 4.71. The summed E-state index contributed by atoms with van der Waals surface area (Å²) in [7, 11) is 0. The Morgan fingerprint density at radius 2 is 1.71 bits per heavy atom. The molecule has 0 bridgehead atoms. The van der Waals surface area contributed by atoms with Gasteiger partial charge >= 0.3 is 5.97 Å². The van der Waals surface area contributed by atoms with Gasteiger partial charge in [-0.25, -0.2) is 4.79 Å². The molecular formula is C21H26O3. The number of rotatable bonds is 8. The normalized spacial score (nSPS) is 10.5. The molecule has 0 atom stereocenters. The maximum atomic E-state index is 12.3. The topological polar surface area (TPSA) is 35.5 Å². The Balaban J connectivity index is 1.90. The van der Waals surface area contributed by atoms with E-state index in [1.54, 1.807) is 12.1 Å². The van der Waals surface area contributed by atoms with Crippen LogP contribution >= 0.6 is 0 Å². The van der Waals surface area contributed by atoms with E-state index >= 15 is 0 Å². The summed E-state index contributed by atoms with van der Waals surface area (Å²) in [5, 5.41) is 0. The Morgan fingerprint density at radius 1 is 0.958 bits per heavy atom. The molecule has 0 fully saturated rings. The largest absolute Gasteiger partial charge is 0.494 e. The molecule has 0 N–H and O–H groups in total. The molecule has 0 aliphatic rings. The SMILES string of the molecule is CCCCCCOc1ccc(C(=O)Oc2cccc(C)c2C)cc1. The fourth-order valence-electron chi connectivity index (χ4n) is 2.40. The Morgan fingerprint density at radius 3 is 2.42 bits per heavy atom. The minimum Gasteiger partial charge on any atom is -0.494 e. The highest BCUT2D eigenvalue weighted by Crippen LogP contribution is 2.22. The van der Waals surface area contributed by atoms with Crippen LogP contribution in [0.2, 0.25) is 0 Å². The number of carbonyl (C=O) groups excluding carboxylic acids is 1. The van der Waals surface area contributed by atoms with Crippen molar-refractivity contribution in [1.82, 2.24) is 0 Å². The highest BCUT2D eigenvalue weighted by molar-refractivity contribution is 5.91. The Labute approximate surface area is 144 Å². The molecule has 2 rings (SSSR count). The molecule has 0 amide bonds. The van der Waals surface area contributed by atoms with Gasteiger partial charge in [-0.1, -0.05) is 38.3 Å². The van der Waals surface area contributed by atoms with Crippen molar-refractivity contribution in [1.29, 1.82) is 0 Å². The Kier molecular flexibility index (Phi) is 6.86. The van der Waals surface area contributed by atoms with Crippen LogP contribution in [-0.2, 0) is 0 Å². The average molecular weight is 326 g/mol. The number of carbonyl (C=O) groups is 1. The highest BCUT2D eigenvalue weighted by atomic mass is 16.5. The van der Waals surface area contributed by atoms with Gasteiger partial charge < -0.3 is 9.47 Å². The van der Waals surface area contributed by atoms with E-state index in [1.165, 1.54) is 19.3 Å². The zero-order valence-electron chi connectivity index (χ0n) is 14.8. The standard InChI is InChI=1S/C21H26O3/c1-4-5-6-7-15-23-19-13-11-18(12-14-19)21(22)24-20-10-8-9-16(2)17(20)3/h8-14H,4-7,15H2,1-3H3. The Bertz CT molecular complexity index is 659. The lowest BCUT2D eigenvalue weighted by atomic mass is 10.1. The second kappa shape index (κ2) is 9.11. The smallest absolute Gasteiger partial charge is 0.343 e. The second-order valence-electron chi connectivity index (χ2n) is 6.02. The number of aryl methyl sites for hydroxylation is 1. The molecular weight excluding hydrogens is 300 g/mol. The number of hydrogen-bond donors (Lipinski definition) is 0. The minimum absolute atomic E-state index is 0.349. The second-order valence-corrected chi connectivity index (χ2v) is 6.02. The molecule has 2 aromatic carbocycles. The third-order valence-electron chi connectivity index (χ3n) is 4.11. The molecule has 0 saturated carbocycles. The van der Waals surface area contributed by atoms with Gasteiger partial charge in [0.25, 0.3) is 0 Å². The molecule has 128 valence electrons. The van der Waals surface area contributed by atoms with E-state index in [1.807, 2.05) is 44.2 Å². The highest BCUT2D eigenvalue weighted by Gasteiger charge is 2.11. The summed E-state index contributed by atoms with van der Waals surface area (Å²) in [5.41, 5.74) is 2.61. The molecule has 3 nitrogen and oxygen atoms in total. The van der Waals surface area contributed by atoms with E-state index in [0.717, 1.165) is 23.3 Å². The summed E-state index contributed by atoms with van der Waals surface area (Å²) in [5.74, 6) is 1.05. The van der Waals surface area contributed by atoms with Crippen LogP contribution in [0.25, 0.3) is 0 Å². The van der Waals surface area contributed by atoms with Crippen molar-refractivity contribution >= 4 is 5.97 Å². The van der Waals surface area contributed by atoms with E-state index in [4.69, 9.17) is 9.47 Å². The van der Waals surface area contributed by atoms with Crippen LogP contribution < -0.4 is 9.47 Å². The number of unbranched alkanes of at least 4 members (excludes halogenated alkanes) is 3. The molecule has 24 heavy (non-hydrogen) atoms. The fourth-order valence-corrected chi connectivity index (χ4v) is 2.40. The maximum absolute atomic E-state index is 12.3. The maximum Gasteiger partial charge on any atom is 0.343 e. The van der Waals surface area contributed by atoms with Gasteiger partial charge in [-0.05, 0) is 61.7 Å². The van der Waals surface area contributed by atoms with Crippen molar-refractivity contribution in [3.8, 4) is 11.5 Å². The van der Waals surface area contributed by atoms with Crippen molar-refractivity contribution in [3.05, 3.63) is 59.2 Å². The van der Waals surface area contributed by atoms with Gasteiger partial charge in [0.15, 0.2) is 0 Å². The van der Waals surface area contributed by atoms with E-state index in [0.29, 0.717) is 17.9 Å². The first kappa shape index (κ1) is 18.1. The van der Waals surface area contributed by atoms with E-state index in [9.17, 15) is 4.79 Å².